The Balaban J connectivity index is 0.000000861. The minimum absolute atomic E-state index is 0.00611. The third-order valence-electron chi connectivity index (χ3n) is 2.76. The van der Waals surface area contributed by atoms with Crippen LogP contribution in [0.15, 0.2) is 41.9 Å². The van der Waals surface area contributed by atoms with Crippen LogP contribution in [-0.4, -0.2) is 30.3 Å². The fourth-order valence-corrected chi connectivity index (χ4v) is 2.59. The van der Waals surface area contributed by atoms with Crippen LogP contribution in [0.3, 0.4) is 0 Å². The number of rotatable bonds is 1. The van der Waals surface area contributed by atoms with E-state index < -0.39 is 0 Å². The second-order valence-corrected chi connectivity index (χ2v) is 5.09. The summed E-state index contributed by atoms with van der Waals surface area (Å²) in [4.78, 5) is 15.7. The summed E-state index contributed by atoms with van der Waals surface area (Å²) in [6.07, 6.45) is 1.03. The smallest absolute Gasteiger partial charge is 0.297 e. The Labute approximate surface area is 120 Å². The maximum atomic E-state index is 12.3. The van der Waals surface area contributed by atoms with Crippen LogP contribution < -0.4 is 4.90 Å². The predicted molar refractivity (Wildman–Crippen MR) is 84.5 cm³/mol. The van der Waals surface area contributed by atoms with E-state index in [0.717, 1.165) is 29.4 Å². The molecule has 0 N–H and O–H groups in total. The lowest BCUT2D eigenvalue weighted by molar-refractivity contribution is 0.221. The quantitative estimate of drug-likeness (QED) is 0.769. The largest absolute Gasteiger partial charge is 0.329 e. The van der Waals surface area contributed by atoms with Gasteiger partial charge in [0.05, 0.1) is 5.03 Å². The molecule has 0 aliphatic carbocycles. The fraction of sp³-hybridized carbons (Fsp3) is 0.400. The molecule has 104 valence electrons. The molecule has 0 atom stereocenters. The Kier molecular flexibility index (Phi) is 6.50. The molecule has 1 fully saturated rings. The van der Waals surface area contributed by atoms with Crippen LogP contribution in [-0.2, 0) is 0 Å². The van der Waals surface area contributed by atoms with Gasteiger partial charge in [-0.25, -0.2) is 4.79 Å². The van der Waals surface area contributed by atoms with E-state index in [1.54, 1.807) is 28.6 Å². The lowest BCUT2D eigenvalue weighted by atomic mass is 10.3. The van der Waals surface area contributed by atoms with Gasteiger partial charge in [0.25, 0.3) is 0 Å². The highest BCUT2D eigenvalue weighted by Crippen LogP contribution is 2.26. The third kappa shape index (κ3) is 4.03. The molecule has 1 heterocycles. The van der Waals surface area contributed by atoms with Crippen molar-refractivity contribution in [3.63, 3.8) is 0 Å². The van der Waals surface area contributed by atoms with Crippen molar-refractivity contribution in [1.82, 2.24) is 4.90 Å². The Morgan fingerprint density at radius 2 is 1.95 bits per heavy atom. The van der Waals surface area contributed by atoms with E-state index in [2.05, 4.69) is 6.58 Å². The SMILES string of the molecule is C=C1SCCCN1C(=O)N(C)c1ccccc1.CC. The Morgan fingerprint density at radius 1 is 1.32 bits per heavy atom. The van der Waals surface area contributed by atoms with Crippen molar-refractivity contribution >= 4 is 23.5 Å². The van der Waals surface area contributed by atoms with Gasteiger partial charge in [0.1, 0.15) is 0 Å². The molecular weight excluding hydrogens is 256 g/mol. The summed E-state index contributed by atoms with van der Waals surface area (Å²) in [7, 11) is 1.80. The lowest BCUT2D eigenvalue weighted by Gasteiger charge is -2.32. The molecule has 1 aromatic rings. The molecule has 19 heavy (non-hydrogen) atoms. The zero-order chi connectivity index (χ0) is 14.3. The second-order valence-electron chi connectivity index (χ2n) is 3.92. The molecule has 0 unspecified atom stereocenters. The molecule has 1 aliphatic rings. The summed E-state index contributed by atoms with van der Waals surface area (Å²) in [5.74, 6) is 1.05. The van der Waals surface area contributed by atoms with E-state index in [4.69, 9.17) is 0 Å². The predicted octanol–water partition coefficient (Wildman–Crippen LogP) is 4.18. The molecule has 1 aliphatic heterocycles. The number of benzene rings is 1. The van der Waals surface area contributed by atoms with Crippen LogP contribution in [0.2, 0.25) is 0 Å². The second kappa shape index (κ2) is 7.89. The average molecular weight is 278 g/mol. The molecule has 4 heteroatoms. The first kappa shape index (κ1) is 15.6. The van der Waals surface area contributed by atoms with Crippen LogP contribution in [0, 0.1) is 0 Å². The molecule has 2 rings (SSSR count). The normalized spacial score (nSPS) is 14.5. The maximum absolute atomic E-state index is 12.3. The molecule has 0 radical (unpaired) electrons. The van der Waals surface area contributed by atoms with Gasteiger partial charge in [-0.05, 0) is 18.6 Å². The first-order valence-corrected chi connectivity index (χ1v) is 7.60. The van der Waals surface area contributed by atoms with E-state index in [1.165, 1.54) is 0 Å². The molecule has 1 saturated heterocycles. The van der Waals surface area contributed by atoms with Crippen molar-refractivity contribution in [3.05, 3.63) is 41.9 Å². The van der Waals surface area contributed by atoms with Gasteiger partial charge in [0.15, 0.2) is 0 Å². The molecule has 0 bridgehead atoms. The van der Waals surface area contributed by atoms with Crippen LogP contribution >= 0.6 is 11.8 Å². The van der Waals surface area contributed by atoms with Crippen molar-refractivity contribution in [2.75, 3.05) is 24.2 Å². The van der Waals surface area contributed by atoms with Crippen molar-refractivity contribution in [1.29, 1.82) is 0 Å². The number of thioether (sulfide) groups is 1. The minimum Gasteiger partial charge on any atom is -0.297 e. The van der Waals surface area contributed by atoms with Crippen LogP contribution in [0.25, 0.3) is 0 Å². The number of hydrogen-bond donors (Lipinski definition) is 0. The van der Waals surface area contributed by atoms with Crippen molar-refractivity contribution in [3.8, 4) is 0 Å². The van der Waals surface area contributed by atoms with Crippen molar-refractivity contribution in [2.45, 2.75) is 20.3 Å². The summed E-state index contributed by atoms with van der Waals surface area (Å²) >= 11 is 1.65. The summed E-state index contributed by atoms with van der Waals surface area (Å²) < 4.78 is 0. The molecule has 0 saturated carbocycles. The number of nitrogens with zero attached hydrogens (tertiary/aromatic N) is 2. The highest BCUT2D eigenvalue weighted by Gasteiger charge is 2.24. The van der Waals surface area contributed by atoms with Gasteiger partial charge >= 0.3 is 6.03 Å². The van der Waals surface area contributed by atoms with Gasteiger partial charge in [-0.3, -0.25) is 9.80 Å². The van der Waals surface area contributed by atoms with Crippen LogP contribution in [0.1, 0.15) is 20.3 Å². The first-order chi connectivity index (χ1) is 9.20. The minimum atomic E-state index is -0.00611. The van der Waals surface area contributed by atoms with Crippen molar-refractivity contribution < 1.29 is 4.79 Å². The topological polar surface area (TPSA) is 23.6 Å². The number of carbonyl (C=O) groups excluding carboxylic acids is 1. The third-order valence-corrected chi connectivity index (χ3v) is 3.80. The first-order valence-electron chi connectivity index (χ1n) is 6.62. The van der Waals surface area contributed by atoms with Gasteiger partial charge < -0.3 is 0 Å². The Hall–Kier alpha value is -1.42. The number of carbonyl (C=O) groups is 1. The van der Waals surface area contributed by atoms with Gasteiger partial charge in [-0.2, -0.15) is 0 Å². The molecule has 2 amide bonds. The number of para-hydroxylation sites is 1. The number of amides is 2. The Morgan fingerprint density at radius 3 is 2.53 bits per heavy atom. The molecule has 3 nitrogen and oxygen atoms in total. The highest BCUT2D eigenvalue weighted by atomic mass is 32.2. The number of urea groups is 1. The van der Waals surface area contributed by atoms with Crippen LogP contribution in [0.5, 0.6) is 0 Å². The van der Waals surface area contributed by atoms with E-state index in [9.17, 15) is 4.79 Å². The summed E-state index contributed by atoms with van der Waals surface area (Å²) in [5.41, 5.74) is 0.904. The van der Waals surface area contributed by atoms with Crippen molar-refractivity contribution in [2.24, 2.45) is 0 Å². The zero-order valence-corrected chi connectivity index (χ0v) is 12.7. The van der Waals surface area contributed by atoms with Gasteiger partial charge in [0, 0.05) is 25.0 Å². The fourth-order valence-electron chi connectivity index (χ4n) is 1.76. The Bertz CT molecular complexity index is 419. The van der Waals surface area contributed by atoms with E-state index >= 15 is 0 Å². The van der Waals surface area contributed by atoms with E-state index in [-0.39, 0.29) is 6.03 Å². The van der Waals surface area contributed by atoms with Gasteiger partial charge in [0.2, 0.25) is 0 Å². The lowest BCUT2D eigenvalue weighted by Crippen LogP contribution is -2.42. The number of hydrogen-bond acceptors (Lipinski definition) is 2. The van der Waals surface area contributed by atoms with E-state index in [1.807, 2.05) is 44.2 Å². The monoisotopic (exact) mass is 278 g/mol. The molecular formula is C15H22N2OS. The van der Waals surface area contributed by atoms with Gasteiger partial charge in [-0.1, -0.05) is 38.6 Å². The molecule has 0 aromatic heterocycles. The highest BCUT2D eigenvalue weighted by molar-refractivity contribution is 8.03. The summed E-state index contributed by atoms with van der Waals surface area (Å²) in [5, 5.41) is 0.851. The standard InChI is InChI=1S/C13H16N2OS.C2H6/c1-11-15(9-6-10-17-11)13(16)14(2)12-7-4-3-5-8-12;1-2/h3-5,7-8H,1,6,9-10H2,2H3;1-2H3. The average Bonchev–Trinajstić information content (AvgIpc) is 2.49. The summed E-state index contributed by atoms with van der Waals surface area (Å²) in [6, 6.07) is 9.65. The molecule has 0 spiro atoms. The van der Waals surface area contributed by atoms with Gasteiger partial charge in [-0.15, -0.1) is 11.8 Å². The maximum Gasteiger partial charge on any atom is 0.329 e. The number of anilines is 1. The van der Waals surface area contributed by atoms with Crippen LogP contribution in [0.4, 0.5) is 10.5 Å². The molecule has 1 aromatic carbocycles. The van der Waals surface area contributed by atoms with E-state index in [0.29, 0.717) is 0 Å². The summed E-state index contributed by atoms with van der Waals surface area (Å²) in [6.45, 7) is 8.70. The zero-order valence-electron chi connectivity index (χ0n) is 11.9.